The van der Waals surface area contributed by atoms with Crippen molar-refractivity contribution >= 4 is 11.7 Å². The number of anilines is 1. The summed E-state index contributed by atoms with van der Waals surface area (Å²) < 4.78 is 10.7. The highest BCUT2D eigenvalue weighted by Gasteiger charge is 2.72. The Bertz CT molecular complexity index is 883. The maximum absolute atomic E-state index is 13.9. The van der Waals surface area contributed by atoms with Crippen molar-refractivity contribution in [3.63, 3.8) is 0 Å². The van der Waals surface area contributed by atoms with Gasteiger partial charge < -0.3 is 24.2 Å². The van der Waals surface area contributed by atoms with Crippen LogP contribution in [0.4, 0.5) is 5.69 Å². The summed E-state index contributed by atoms with van der Waals surface area (Å²) in [7, 11) is 5.23. The molecule has 28 heavy (non-hydrogen) atoms. The molecule has 0 spiro atoms. The third-order valence-corrected chi connectivity index (χ3v) is 8.11. The average Bonchev–Trinajstić information content (AvgIpc) is 2.97. The van der Waals surface area contributed by atoms with Crippen molar-refractivity contribution in [3.8, 4) is 5.75 Å². The molecule has 3 bridgehead atoms. The van der Waals surface area contributed by atoms with Crippen molar-refractivity contribution in [2.75, 3.05) is 39.3 Å². The number of nitrogens with zero attached hydrogens (tertiary/aromatic N) is 2. The first-order valence-corrected chi connectivity index (χ1v) is 10.1. The zero-order valence-electron chi connectivity index (χ0n) is 17.0. The van der Waals surface area contributed by atoms with Crippen LogP contribution in [0.5, 0.6) is 5.75 Å². The molecule has 0 amide bonds. The number of methoxy groups -OCH3 is 2. The number of carbonyl (C=O) groups is 1. The molecule has 1 aliphatic carbocycles. The van der Waals surface area contributed by atoms with Crippen LogP contribution in [0.25, 0.3) is 0 Å². The second kappa shape index (κ2) is 5.74. The second-order valence-electron chi connectivity index (χ2n) is 8.84. The fraction of sp³-hybridized carbons (Fsp3) is 0.591. The summed E-state index contributed by atoms with van der Waals surface area (Å²) in [6.07, 6.45) is 3.52. The molecule has 1 aromatic rings. The summed E-state index contributed by atoms with van der Waals surface area (Å²) in [5.74, 6) is 0.449. The van der Waals surface area contributed by atoms with Gasteiger partial charge in [0.1, 0.15) is 18.3 Å². The van der Waals surface area contributed by atoms with Crippen LogP contribution in [0, 0.1) is 17.0 Å². The monoisotopic (exact) mass is 384 g/mol. The zero-order valence-corrected chi connectivity index (χ0v) is 17.0. The molecule has 1 aromatic carbocycles. The quantitative estimate of drug-likeness (QED) is 0.339. The highest BCUT2D eigenvalue weighted by Crippen LogP contribution is 2.65. The number of allylic oxidation sites excluding steroid dienone is 1. The number of hydrogen-bond acceptors (Lipinski definition) is 5. The molecule has 1 saturated carbocycles. The van der Waals surface area contributed by atoms with E-state index in [4.69, 9.17) is 9.47 Å². The Kier molecular flexibility index (Phi) is 3.69. The molecule has 2 saturated heterocycles. The third-order valence-electron chi connectivity index (χ3n) is 8.11. The molecule has 3 aliphatic heterocycles. The van der Waals surface area contributed by atoms with Crippen molar-refractivity contribution in [2.45, 2.75) is 37.3 Å². The van der Waals surface area contributed by atoms with E-state index in [1.807, 2.05) is 13.0 Å². The molecule has 0 N–H and O–H groups in total. The van der Waals surface area contributed by atoms with E-state index in [9.17, 15) is 10.0 Å². The van der Waals surface area contributed by atoms with Crippen LogP contribution in [0.15, 0.2) is 29.8 Å². The Morgan fingerprint density at radius 2 is 2.18 bits per heavy atom. The number of hydroxylamine groups is 3. The Labute approximate surface area is 165 Å². The predicted molar refractivity (Wildman–Crippen MR) is 106 cm³/mol. The average molecular weight is 384 g/mol. The minimum atomic E-state index is -0.403. The van der Waals surface area contributed by atoms with E-state index >= 15 is 0 Å². The van der Waals surface area contributed by atoms with Gasteiger partial charge in [0.15, 0.2) is 0 Å². The number of piperidine rings is 2. The molecule has 6 heteroatoms. The van der Waals surface area contributed by atoms with Crippen LogP contribution in [-0.4, -0.2) is 57.1 Å². The molecule has 4 aliphatic rings. The molecule has 0 radical (unpaired) electrons. The molecule has 6 atom stereocenters. The van der Waals surface area contributed by atoms with Crippen LogP contribution in [-0.2, 0) is 14.9 Å². The van der Waals surface area contributed by atoms with Crippen molar-refractivity contribution in [3.05, 3.63) is 40.6 Å². The van der Waals surface area contributed by atoms with Gasteiger partial charge in [-0.3, -0.25) is 4.79 Å². The molecule has 3 fully saturated rings. The molecule has 3 heterocycles. The highest BCUT2D eigenvalue weighted by molar-refractivity contribution is 5.80. The molecule has 6 nitrogen and oxygen atoms in total. The number of fused-ring (bicyclic) bond motifs is 2. The minimum Gasteiger partial charge on any atom is -0.632 e. The number of likely N-dealkylation sites (N-methyl/N-ethyl adjacent to an activating group) is 1. The first-order valence-electron chi connectivity index (χ1n) is 10.1. The van der Waals surface area contributed by atoms with Crippen LogP contribution < -0.4 is 9.64 Å². The molecular weight excluding hydrogens is 356 g/mol. The summed E-state index contributed by atoms with van der Waals surface area (Å²) in [5.41, 5.74) is 2.98. The van der Waals surface area contributed by atoms with Crippen molar-refractivity contribution in [2.24, 2.45) is 11.8 Å². The van der Waals surface area contributed by atoms with Gasteiger partial charge in [0.05, 0.1) is 32.7 Å². The molecular formula is C22H28N2O4. The fourth-order valence-electron chi connectivity index (χ4n) is 7.04. The van der Waals surface area contributed by atoms with Crippen molar-refractivity contribution in [1.82, 2.24) is 0 Å². The SMILES string of the molecule is C/C=C1\C[N@+]2([O-])CC[C@@]34c5cc(OC)ccc5N(C)[C@H]3[C@@H]2C[C@@H]1[C@H]4C(=O)OC. The fourth-order valence-corrected chi connectivity index (χ4v) is 7.04. The lowest BCUT2D eigenvalue weighted by Gasteiger charge is -2.68. The molecule has 5 rings (SSSR count). The lowest BCUT2D eigenvalue weighted by atomic mass is 9.50. The standard InChI is InChI=1S/C22H28N2O4/c1-5-13-12-24(26)9-8-22-16-10-14(27-3)6-7-17(16)23(2)20(22)18(24)11-15(13)19(22)21(25)28-4/h5-7,10,15,18-20H,8-9,11-12H2,1-4H3/b13-5+/t15-,18-,19-,20-,22-,24+/m0/s1. The summed E-state index contributed by atoms with van der Waals surface area (Å²) in [6, 6.07) is 6.12. The number of carbonyl (C=O) groups excluding carboxylic acids is 1. The second-order valence-corrected chi connectivity index (χ2v) is 8.84. The number of hydrogen-bond donors (Lipinski definition) is 0. The topological polar surface area (TPSA) is 61.8 Å². The summed E-state index contributed by atoms with van der Waals surface area (Å²) in [6.45, 7) is 3.04. The molecule has 150 valence electrons. The number of rotatable bonds is 2. The van der Waals surface area contributed by atoms with Gasteiger partial charge in [0, 0.05) is 36.9 Å². The zero-order chi connectivity index (χ0) is 19.8. The Morgan fingerprint density at radius 1 is 1.39 bits per heavy atom. The summed E-state index contributed by atoms with van der Waals surface area (Å²) in [4.78, 5) is 15.5. The van der Waals surface area contributed by atoms with Crippen LogP contribution in [0.3, 0.4) is 0 Å². The predicted octanol–water partition coefficient (Wildman–Crippen LogP) is 2.61. The molecule has 0 aromatic heterocycles. The first-order chi connectivity index (χ1) is 13.4. The minimum absolute atomic E-state index is 0.0135. The maximum Gasteiger partial charge on any atom is 0.310 e. The lowest BCUT2D eigenvalue weighted by Crippen LogP contribution is -2.77. The summed E-state index contributed by atoms with van der Waals surface area (Å²) in [5, 5.41) is 13.9. The van der Waals surface area contributed by atoms with E-state index in [0.717, 1.165) is 29.0 Å². The number of ether oxygens (including phenoxy) is 2. The van der Waals surface area contributed by atoms with Gasteiger partial charge in [-0.15, -0.1) is 0 Å². The smallest absolute Gasteiger partial charge is 0.310 e. The third kappa shape index (κ3) is 1.93. The van der Waals surface area contributed by atoms with E-state index in [1.54, 1.807) is 7.11 Å². The van der Waals surface area contributed by atoms with E-state index in [0.29, 0.717) is 19.5 Å². The normalized spacial score (nSPS) is 41.6. The number of quaternary nitrogens is 1. The van der Waals surface area contributed by atoms with Gasteiger partial charge in [-0.2, -0.15) is 0 Å². The van der Waals surface area contributed by atoms with E-state index < -0.39 is 5.41 Å². The summed E-state index contributed by atoms with van der Waals surface area (Å²) >= 11 is 0. The van der Waals surface area contributed by atoms with Crippen molar-refractivity contribution < 1.29 is 18.9 Å². The Morgan fingerprint density at radius 3 is 2.86 bits per heavy atom. The van der Waals surface area contributed by atoms with Gasteiger partial charge in [0.2, 0.25) is 0 Å². The van der Waals surface area contributed by atoms with Gasteiger partial charge in [0.25, 0.3) is 0 Å². The van der Waals surface area contributed by atoms with Crippen LogP contribution >= 0.6 is 0 Å². The van der Waals surface area contributed by atoms with Gasteiger partial charge in [-0.1, -0.05) is 6.08 Å². The van der Waals surface area contributed by atoms with Gasteiger partial charge >= 0.3 is 5.97 Å². The first kappa shape index (κ1) is 18.0. The Balaban J connectivity index is 1.80. The van der Waals surface area contributed by atoms with E-state index in [1.165, 1.54) is 7.11 Å². The van der Waals surface area contributed by atoms with Gasteiger partial charge in [-0.25, -0.2) is 0 Å². The highest BCUT2D eigenvalue weighted by atomic mass is 16.5. The van der Waals surface area contributed by atoms with Crippen LogP contribution in [0.1, 0.15) is 25.3 Å². The largest absolute Gasteiger partial charge is 0.632 e. The van der Waals surface area contributed by atoms with Crippen molar-refractivity contribution in [1.29, 1.82) is 0 Å². The van der Waals surface area contributed by atoms with E-state index in [2.05, 4.69) is 30.2 Å². The Hall–Kier alpha value is -2.05. The van der Waals surface area contributed by atoms with E-state index in [-0.39, 0.29) is 34.5 Å². The van der Waals surface area contributed by atoms with Gasteiger partial charge in [-0.05, 0) is 36.3 Å². The number of esters is 1. The van der Waals surface area contributed by atoms with Crippen LogP contribution in [0.2, 0.25) is 0 Å². The number of benzene rings is 1. The lowest BCUT2D eigenvalue weighted by molar-refractivity contribution is -0.916. The maximum atomic E-state index is 13.9. The molecule has 0 unspecified atom stereocenters.